The van der Waals surface area contributed by atoms with E-state index in [0.717, 1.165) is 107 Å². The van der Waals surface area contributed by atoms with Gasteiger partial charge in [-0.25, -0.2) is 14.8 Å². The highest BCUT2D eigenvalue weighted by molar-refractivity contribution is 7.22. The van der Waals surface area contributed by atoms with Crippen LogP contribution in [-0.2, 0) is 29.6 Å². The molecule has 4 aliphatic rings. The molecule has 0 radical (unpaired) electrons. The van der Waals surface area contributed by atoms with Gasteiger partial charge >= 0.3 is 5.97 Å². The van der Waals surface area contributed by atoms with E-state index in [1.165, 1.54) is 36.3 Å². The molecule has 3 amide bonds. The number of aryl methyl sites for hydroxylation is 1. The van der Waals surface area contributed by atoms with Gasteiger partial charge in [0.05, 0.1) is 33.4 Å². The zero-order valence-corrected chi connectivity index (χ0v) is 43.1. The minimum Gasteiger partial charge on any atom is -0.490 e. The van der Waals surface area contributed by atoms with Crippen LogP contribution in [0.25, 0.3) is 32.2 Å². The van der Waals surface area contributed by atoms with Crippen molar-refractivity contribution in [2.24, 2.45) is 13.0 Å². The molecule has 382 valence electrons. The Kier molecular flexibility index (Phi) is 13.9. The van der Waals surface area contributed by atoms with Gasteiger partial charge in [0.25, 0.3) is 5.91 Å². The van der Waals surface area contributed by atoms with E-state index in [0.29, 0.717) is 66.4 Å². The molecule has 3 aromatic heterocycles. The van der Waals surface area contributed by atoms with Crippen molar-refractivity contribution in [1.29, 1.82) is 0 Å². The lowest BCUT2D eigenvalue weighted by atomic mass is 9.84. The first-order chi connectivity index (χ1) is 35.9. The number of carboxylic acids is 1. The molecule has 74 heavy (non-hydrogen) atoms. The van der Waals surface area contributed by atoms with Gasteiger partial charge in [0, 0.05) is 74.4 Å². The number of rotatable bonds is 14. The monoisotopic (exact) mass is 1010 g/mol. The number of carboxylic acid groups (broad SMARTS) is 1. The Morgan fingerprint density at radius 3 is 2.53 bits per heavy atom. The highest BCUT2D eigenvalue weighted by Gasteiger charge is 2.33. The van der Waals surface area contributed by atoms with Crippen LogP contribution >= 0.6 is 11.3 Å². The third-order valence-electron chi connectivity index (χ3n) is 15.9. The molecular formula is C58H63N9O6S. The second kappa shape index (κ2) is 21.0. The smallest absolute Gasteiger partial charge is 0.355 e. The van der Waals surface area contributed by atoms with Gasteiger partial charge in [-0.15, -0.1) is 0 Å². The number of hydrogen-bond acceptors (Lipinski definition) is 12. The number of hydrogen-bond donors (Lipinski definition) is 3. The first kappa shape index (κ1) is 49.1. The maximum absolute atomic E-state index is 13.7. The number of nitrogens with zero attached hydrogens (tertiary/aromatic N) is 7. The third-order valence-corrected chi connectivity index (χ3v) is 16.9. The summed E-state index contributed by atoms with van der Waals surface area (Å²) in [4.78, 5) is 67.5. The number of carbonyl (C=O) groups excluding carboxylic acids is 3. The van der Waals surface area contributed by atoms with Crippen LogP contribution in [0, 0.1) is 12.8 Å². The number of benzene rings is 4. The van der Waals surface area contributed by atoms with Gasteiger partial charge in [0.2, 0.25) is 11.8 Å². The van der Waals surface area contributed by atoms with Crippen LogP contribution in [0.1, 0.15) is 114 Å². The first-order valence-electron chi connectivity index (χ1n) is 26.3. The zero-order valence-electron chi connectivity index (χ0n) is 42.3. The number of nitrogens with one attached hydrogen (secondary N) is 2. The number of aromatic nitrogens is 4. The summed E-state index contributed by atoms with van der Waals surface area (Å²) in [6.07, 6.45) is 9.52. The molecule has 16 heteroatoms. The number of anilines is 3. The first-order valence-corrected chi connectivity index (χ1v) is 27.1. The van der Waals surface area contributed by atoms with E-state index in [9.17, 15) is 24.3 Å². The number of carbonyl (C=O) groups is 4. The lowest BCUT2D eigenvalue weighted by molar-refractivity contribution is -0.134. The summed E-state index contributed by atoms with van der Waals surface area (Å²) in [5, 5.41) is 22.3. The van der Waals surface area contributed by atoms with Crippen LogP contribution in [0.2, 0.25) is 0 Å². The van der Waals surface area contributed by atoms with Crippen molar-refractivity contribution in [2.45, 2.75) is 103 Å². The molecular weight excluding hydrogens is 951 g/mol. The molecule has 0 bridgehead atoms. The van der Waals surface area contributed by atoms with Crippen molar-refractivity contribution in [3.63, 3.8) is 0 Å². The van der Waals surface area contributed by atoms with E-state index in [4.69, 9.17) is 14.8 Å². The maximum atomic E-state index is 13.7. The van der Waals surface area contributed by atoms with Crippen molar-refractivity contribution < 1.29 is 29.0 Å². The summed E-state index contributed by atoms with van der Waals surface area (Å²) in [7, 11) is 1.92. The summed E-state index contributed by atoms with van der Waals surface area (Å²) in [5.41, 5.74) is 8.52. The van der Waals surface area contributed by atoms with E-state index >= 15 is 0 Å². The van der Waals surface area contributed by atoms with Crippen molar-refractivity contribution in [1.82, 2.24) is 30.0 Å². The molecule has 4 aromatic carbocycles. The lowest BCUT2D eigenvalue weighted by Gasteiger charge is -2.41. The van der Waals surface area contributed by atoms with Gasteiger partial charge in [-0.05, 0) is 148 Å². The molecule has 1 saturated carbocycles. The number of thiazole rings is 1. The maximum Gasteiger partial charge on any atom is 0.355 e. The van der Waals surface area contributed by atoms with E-state index in [1.54, 1.807) is 0 Å². The Hall–Kier alpha value is -7.17. The summed E-state index contributed by atoms with van der Waals surface area (Å²) < 4.78 is 9.56. The summed E-state index contributed by atoms with van der Waals surface area (Å²) in [6, 6.07) is 30.0. The van der Waals surface area contributed by atoms with E-state index in [2.05, 4.69) is 61.5 Å². The Labute approximate surface area is 434 Å². The molecule has 0 spiro atoms. The topological polar surface area (TPSA) is 175 Å². The molecule has 15 nitrogen and oxygen atoms in total. The molecule has 11 rings (SSSR count). The van der Waals surface area contributed by atoms with Crippen LogP contribution in [0.5, 0.6) is 5.75 Å². The molecule has 0 unspecified atom stereocenters. The molecule has 3 aliphatic heterocycles. The number of imide groups is 1. The molecule has 2 saturated heterocycles. The standard InChI is InChI=1S/C58H63N9O6S/c1-35-33-65(30-31-67(35)39-19-22-44-48(32-39)64(3)63-53(44)45-24-26-52(68)61-56(45)70)28-7-6-10-37-17-20-40(21-18-37)73-49-15-9-12-41(36(49)2)42-23-25-51(60-54(42)57(71)72)66-29-27-38-11-8-13-43(46(38)34-66)55(69)62-58-59-47-14-4-5-16-50(47)74-58/h4-5,8-9,11-16,19,22-23,25,32,35,37,40,45H,6-7,10,17-18,20-21,24,26-31,33-34H2,1-3H3,(H,71,72)(H,59,62,69)(H,61,68,70)/t35-,37?,40?,45-/m1/s1. The van der Waals surface area contributed by atoms with E-state index < -0.39 is 11.9 Å². The van der Waals surface area contributed by atoms with Crippen LogP contribution in [0.15, 0.2) is 91.0 Å². The minimum absolute atomic E-state index is 0.0173. The van der Waals surface area contributed by atoms with Gasteiger partial charge in [0.15, 0.2) is 10.8 Å². The van der Waals surface area contributed by atoms with Gasteiger partial charge < -0.3 is 19.6 Å². The van der Waals surface area contributed by atoms with E-state index in [-0.39, 0.29) is 29.5 Å². The number of para-hydroxylation sites is 1. The molecule has 1 aliphatic carbocycles. The normalized spacial score (nSPS) is 20.4. The average Bonchev–Trinajstić information content (AvgIpc) is 3.97. The number of pyridine rings is 1. The molecule has 6 heterocycles. The number of fused-ring (bicyclic) bond motifs is 3. The number of ether oxygens (including phenoxy) is 1. The largest absolute Gasteiger partial charge is 0.490 e. The number of piperazine rings is 1. The highest BCUT2D eigenvalue weighted by atomic mass is 32.1. The Balaban J connectivity index is 0.654. The van der Waals surface area contributed by atoms with Gasteiger partial charge in [-0.2, -0.15) is 5.10 Å². The van der Waals surface area contributed by atoms with Crippen molar-refractivity contribution in [3.05, 3.63) is 125 Å². The quantitative estimate of drug-likeness (QED) is 0.0696. The fourth-order valence-electron chi connectivity index (χ4n) is 11.9. The predicted molar refractivity (Wildman–Crippen MR) is 289 cm³/mol. The van der Waals surface area contributed by atoms with Crippen LogP contribution in [0.3, 0.4) is 0 Å². The highest BCUT2D eigenvalue weighted by Crippen LogP contribution is 2.38. The lowest BCUT2D eigenvalue weighted by Crippen LogP contribution is -2.52. The average molecular weight is 1010 g/mol. The Morgan fingerprint density at radius 1 is 0.878 bits per heavy atom. The SMILES string of the molecule is Cc1c(OC2CCC(CCCCN3CCN(c4ccc5c([C@H]6CCC(=O)NC6=O)nn(C)c5c4)[C@H](C)C3)CC2)cccc1-c1ccc(N2CCc3cccc(C(=O)Nc4nc5ccccc5s4)c3C2)nc1C(=O)O. The van der Waals surface area contributed by atoms with Crippen LogP contribution in [0.4, 0.5) is 16.6 Å². The van der Waals surface area contributed by atoms with Gasteiger partial charge in [-0.1, -0.05) is 60.6 Å². The fraction of sp³-hybridized carbons (Fsp3) is 0.397. The van der Waals surface area contributed by atoms with Crippen molar-refractivity contribution >= 4 is 72.8 Å². The minimum atomic E-state index is -1.10. The molecule has 3 N–H and O–H groups in total. The van der Waals surface area contributed by atoms with Crippen LogP contribution < -0.4 is 25.2 Å². The zero-order chi connectivity index (χ0) is 51.0. The summed E-state index contributed by atoms with van der Waals surface area (Å²) in [5.74, 6) is -0.187. The molecule has 7 aromatic rings. The summed E-state index contributed by atoms with van der Waals surface area (Å²) in [6.45, 7) is 9.44. The predicted octanol–water partition coefficient (Wildman–Crippen LogP) is 9.91. The van der Waals surface area contributed by atoms with Crippen LogP contribution in [-0.4, -0.2) is 98.3 Å². The molecule has 2 atom stereocenters. The number of amides is 3. The second-order valence-electron chi connectivity index (χ2n) is 20.7. The summed E-state index contributed by atoms with van der Waals surface area (Å²) >= 11 is 1.44. The molecule has 3 fully saturated rings. The second-order valence-corrected chi connectivity index (χ2v) is 21.7. The number of unbranched alkanes of at least 4 members (excludes halogenated alkanes) is 1. The Morgan fingerprint density at radius 2 is 1.72 bits per heavy atom. The fourth-order valence-corrected chi connectivity index (χ4v) is 12.7. The van der Waals surface area contributed by atoms with Crippen molar-refractivity contribution in [3.8, 4) is 16.9 Å². The third kappa shape index (κ3) is 10.1. The number of aromatic carboxylic acids is 1. The van der Waals surface area contributed by atoms with Gasteiger partial charge in [-0.3, -0.25) is 34.6 Å². The van der Waals surface area contributed by atoms with Gasteiger partial charge in [0.1, 0.15) is 11.6 Å². The number of piperidine rings is 1. The van der Waals surface area contributed by atoms with Crippen molar-refractivity contribution in [2.75, 3.05) is 47.8 Å². The van der Waals surface area contributed by atoms with E-state index in [1.807, 2.05) is 85.4 Å². The Bertz CT molecular complexity index is 3250.